The van der Waals surface area contributed by atoms with Crippen LogP contribution in [0.5, 0.6) is 0 Å². The first-order valence-electron chi connectivity index (χ1n) is 7.05. The number of carboxylic acid groups (broad SMARTS) is 1. The minimum atomic E-state index is -1.27. The van der Waals surface area contributed by atoms with Crippen LogP contribution in [0.1, 0.15) is 37.6 Å². The summed E-state index contributed by atoms with van der Waals surface area (Å²) in [5.41, 5.74) is 0.207. The van der Waals surface area contributed by atoms with Gasteiger partial charge >= 0.3 is 11.6 Å². The monoisotopic (exact) mass is 289 g/mol. The lowest BCUT2D eigenvalue weighted by Crippen LogP contribution is -2.32. The molecule has 0 saturated carbocycles. The van der Waals surface area contributed by atoms with E-state index in [1.807, 2.05) is 6.07 Å². The molecule has 0 saturated heterocycles. The van der Waals surface area contributed by atoms with Crippen molar-refractivity contribution in [3.63, 3.8) is 0 Å². The zero-order chi connectivity index (χ0) is 15.6. The average molecular weight is 289 g/mol. The summed E-state index contributed by atoms with van der Waals surface area (Å²) < 4.78 is 5.14. The lowest BCUT2D eigenvalue weighted by Gasteiger charge is -2.29. The molecule has 0 aliphatic rings. The molecule has 0 amide bonds. The second kappa shape index (κ2) is 5.99. The van der Waals surface area contributed by atoms with Crippen LogP contribution in [-0.4, -0.2) is 23.7 Å². The van der Waals surface area contributed by atoms with Crippen LogP contribution in [0.4, 0.5) is 5.69 Å². The molecular weight excluding hydrogens is 270 g/mol. The first-order valence-corrected chi connectivity index (χ1v) is 7.05. The number of fused-ring (bicyclic) bond motifs is 1. The van der Waals surface area contributed by atoms with Gasteiger partial charge in [0.1, 0.15) is 11.1 Å². The molecule has 112 valence electrons. The number of nitrogens with zero attached hydrogens (tertiary/aromatic N) is 1. The number of carbonyl (C=O) groups is 1. The van der Waals surface area contributed by atoms with E-state index in [1.165, 1.54) is 6.07 Å². The SMILES string of the molecule is CCC(C)N(CC)c1ccc2cc(C(=O)O)c(=O)oc2c1. The van der Waals surface area contributed by atoms with Gasteiger partial charge in [0.05, 0.1) is 0 Å². The number of benzene rings is 1. The molecule has 1 heterocycles. The van der Waals surface area contributed by atoms with Gasteiger partial charge in [0.25, 0.3) is 0 Å². The highest BCUT2D eigenvalue weighted by Gasteiger charge is 2.15. The van der Waals surface area contributed by atoms with Crippen LogP contribution in [0.25, 0.3) is 11.0 Å². The molecule has 1 unspecified atom stereocenters. The fourth-order valence-electron chi connectivity index (χ4n) is 2.40. The zero-order valence-electron chi connectivity index (χ0n) is 12.4. The Bertz CT molecular complexity index is 720. The van der Waals surface area contributed by atoms with E-state index in [0.717, 1.165) is 18.7 Å². The Morgan fingerprint density at radius 1 is 1.33 bits per heavy atom. The summed E-state index contributed by atoms with van der Waals surface area (Å²) in [6.45, 7) is 7.17. The Labute approximate surface area is 122 Å². The molecule has 1 aromatic carbocycles. The van der Waals surface area contributed by atoms with Crippen molar-refractivity contribution in [1.82, 2.24) is 0 Å². The standard InChI is InChI=1S/C16H19NO4/c1-4-10(3)17(5-2)12-7-6-11-8-13(15(18)19)16(20)21-14(11)9-12/h6-10H,4-5H2,1-3H3,(H,18,19). The minimum absolute atomic E-state index is 0.343. The van der Waals surface area contributed by atoms with Crippen LogP contribution in [0.2, 0.25) is 0 Å². The molecule has 0 radical (unpaired) electrons. The number of aromatic carboxylic acids is 1. The van der Waals surface area contributed by atoms with E-state index in [9.17, 15) is 9.59 Å². The van der Waals surface area contributed by atoms with Gasteiger partial charge in [-0.15, -0.1) is 0 Å². The van der Waals surface area contributed by atoms with Crippen LogP contribution in [-0.2, 0) is 0 Å². The van der Waals surface area contributed by atoms with Crippen molar-refractivity contribution in [3.8, 4) is 0 Å². The van der Waals surface area contributed by atoms with Gasteiger partial charge in [-0.25, -0.2) is 9.59 Å². The van der Waals surface area contributed by atoms with E-state index in [1.54, 1.807) is 12.1 Å². The van der Waals surface area contributed by atoms with Crippen LogP contribution < -0.4 is 10.5 Å². The van der Waals surface area contributed by atoms with Gasteiger partial charge < -0.3 is 14.4 Å². The Morgan fingerprint density at radius 3 is 2.62 bits per heavy atom. The molecule has 0 fully saturated rings. The topological polar surface area (TPSA) is 70.8 Å². The van der Waals surface area contributed by atoms with Gasteiger partial charge in [0.15, 0.2) is 0 Å². The zero-order valence-corrected chi connectivity index (χ0v) is 12.4. The van der Waals surface area contributed by atoms with Gasteiger partial charge in [0.2, 0.25) is 0 Å². The van der Waals surface area contributed by atoms with E-state index in [0.29, 0.717) is 17.0 Å². The second-order valence-electron chi connectivity index (χ2n) is 5.02. The minimum Gasteiger partial charge on any atom is -0.477 e. The summed E-state index contributed by atoms with van der Waals surface area (Å²) in [6, 6.07) is 7.22. The van der Waals surface area contributed by atoms with Crippen LogP contribution >= 0.6 is 0 Å². The van der Waals surface area contributed by atoms with E-state index < -0.39 is 11.6 Å². The number of hydrogen-bond acceptors (Lipinski definition) is 4. The lowest BCUT2D eigenvalue weighted by atomic mass is 10.1. The van der Waals surface area contributed by atoms with E-state index in [4.69, 9.17) is 9.52 Å². The predicted molar refractivity (Wildman–Crippen MR) is 82.2 cm³/mol. The molecular formula is C16H19NO4. The Balaban J connectivity index is 2.54. The molecule has 21 heavy (non-hydrogen) atoms. The molecule has 2 rings (SSSR count). The van der Waals surface area contributed by atoms with Gasteiger partial charge in [-0.1, -0.05) is 6.92 Å². The third-order valence-corrected chi connectivity index (χ3v) is 3.75. The van der Waals surface area contributed by atoms with Crippen molar-refractivity contribution in [1.29, 1.82) is 0 Å². The summed E-state index contributed by atoms with van der Waals surface area (Å²) >= 11 is 0. The first-order chi connectivity index (χ1) is 9.97. The Morgan fingerprint density at radius 2 is 2.05 bits per heavy atom. The Hall–Kier alpha value is -2.30. The summed E-state index contributed by atoms with van der Waals surface area (Å²) in [6.07, 6.45) is 1.01. The van der Waals surface area contributed by atoms with Crippen LogP contribution in [0.15, 0.2) is 33.5 Å². The van der Waals surface area contributed by atoms with Gasteiger partial charge in [-0.05, 0) is 38.5 Å². The van der Waals surface area contributed by atoms with Gasteiger partial charge in [-0.2, -0.15) is 0 Å². The number of carboxylic acids is 1. The maximum absolute atomic E-state index is 11.7. The van der Waals surface area contributed by atoms with Gasteiger partial charge in [-0.3, -0.25) is 0 Å². The maximum atomic E-state index is 11.7. The summed E-state index contributed by atoms with van der Waals surface area (Å²) in [5, 5.41) is 9.55. The van der Waals surface area contributed by atoms with Crippen molar-refractivity contribution >= 4 is 22.6 Å². The fourth-order valence-corrected chi connectivity index (χ4v) is 2.40. The molecule has 1 N–H and O–H groups in total. The van der Waals surface area contributed by atoms with Crippen molar-refractivity contribution < 1.29 is 14.3 Å². The predicted octanol–water partition coefficient (Wildman–Crippen LogP) is 3.12. The smallest absolute Gasteiger partial charge is 0.351 e. The maximum Gasteiger partial charge on any atom is 0.351 e. The molecule has 0 bridgehead atoms. The normalized spacial score (nSPS) is 12.3. The van der Waals surface area contributed by atoms with Crippen molar-refractivity contribution in [3.05, 3.63) is 40.2 Å². The molecule has 1 aromatic heterocycles. The van der Waals surface area contributed by atoms with E-state index >= 15 is 0 Å². The van der Waals surface area contributed by atoms with Crippen molar-refractivity contribution in [2.75, 3.05) is 11.4 Å². The molecule has 5 nitrogen and oxygen atoms in total. The summed E-state index contributed by atoms with van der Waals surface area (Å²) in [5.74, 6) is -1.27. The molecule has 2 aromatic rings. The second-order valence-corrected chi connectivity index (χ2v) is 5.02. The van der Waals surface area contributed by atoms with Crippen LogP contribution in [0.3, 0.4) is 0 Å². The summed E-state index contributed by atoms with van der Waals surface area (Å²) in [4.78, 5) is 24.8. The first kappa shape index (κ1) is 15.1. The number of hydrogen-bond donors (Lipinski definition) is 1. The highest BCUT2D eigenvalue weighted by atomic mass is 16.4. The molecule has 0 aliphatic carbocycles. The van der Waals surface area contributed by atoms with E-state index in [2.05, 4.69) is 25.7 Å². The molecule has 0 spiro atoms. The van der Waals surface area contributed by atoms with Crippen LogP contribution in [0, 0.1) is 0 Å². The lowest BCUT2D eigenvalue weighted by molar-refractivity contribution is 0.0692. The number of rotatable bonds is 5. The largest absolute Gasteiger partial charge is 0.477 e. The third-order valence-electron chi connectivity index (χ3n) is 3.75. The van der Waals surface area contributed by atoms with Gasteiger partial charge in [0, 0.05) is 29.7 Å². The summed E-state index contributed by atoms with van der Waals surface area (Å²) in [7, 11) is 0. The Kier molecular flexibility index (Phi) is 4.31. The molecule has 5 heteroatoms. The van der Waals surface area contributed by atoms with E-state index in [-0.39, 0.29) is 5.56 Å². The van der Waals surface area contributed by atoms with Crippen molar-refractivity contribution in [2.24, 2.45) is 0 Å². The quantitative estimate of drug-likeness (QED) is 0.856. The highest BCUT2D eigenvalue weighted by Crippen LogP contribution is 2.24. The van der Waals surface area contributed by atoms with Crippen molar-refractivity contribution in [2.45, 2.75) is 33.2 Å². The third kappa shape index (κ3) is 2.91. The molecule has 0 aliphatic heterocycles. The highest BCUT2D eigenvalue weighted by molar-refractivity contribution is 5.92. The average Bonchev–Trinajstić information content (AvgIpc) is 2.46. The number of anilines is 1. The molecule has 1 atom stereocenters. The fraction of sp³-hybridized carbons (Fsp3) is 0.375.